The first-order valence-corrected chi connectivity index (χ1v) is 12.3. The number of carbonyl (C=O) groups is 1. The highest BCUT2D eigenvalue weighted by molar-refractivity contribution is 5.96. The highest BCUT2D eigenvalue weighted by Gasteiger charge is 2.45. The molecular formula is C27H36O12. The highest BCUT2D eigenvalue weighted by atomic mass is 16.7. The van der Waals surface area contributed by atoms with Gasteiger partial charge >= 0.3 is 0 Å². The first kappa shape index (κ1) is 30.6. The highest BCUT2D eigenvalue weighted by Crippen LogP contribution is 2.35. The fourth-order valence-corrected chi connectivity index (χ4v) is 4.33. The largest absolute Gasteiger partial charge is 0.493 e. The predicted molar refractivity (Wildman–Crippen MR) is 136 cm³/mol. The van der Waals surface area contributed by atoms with Crippen molar-refractivity contribution >= 4 is 5.78 Å². The second-order valence-corrected chi connectivity index (χ2v) is 8.96. The number of hydrogen-bond donors (Lipinski definition) is 5. The van der Waals surface area contributed by atoms with Crippen LogP contribution in [0.25, 0.3) is 0 Å². The maximum absolute atomic E-state index is 13.1. The number of rotatable bonds is 13. The van der Waals surface area contributed by atoms with E-state index in [1.54, 1.807) is 36.4 Å². The van der Waals surface area contributed by atoms with Gasteiger partial charge in [-0.15, -0.1) is 0 Å². The smallest absolute Gasteiger partial charge is 0.187 e. The molecule has 0 radical (unpaired) electrons. The van der Waals surface area contributed by atoms with E-state index in [4.69, 9.17) is 28.4 Å². The summed E-state index contributed by atoms with van der Waals surface area (Å²) in [7, 11) is 5.85. The maximum Gasteiger partial charge on any atom is 0.187 e. The number of methoxy groups -OCH3 is 4. The number of ketones is 1. The average molecular weight is 553 g/mol. The van der Waals surface area contributed by atoms with Crippen LogP contribution in [-0.4, -0.2) is 103 Å². The fraction of sp³-hybridized carbons (Fsp3) is 0.519. The molecular weight excluding hydrogens is 516 g/mol. The molecule has 2 aromatic carbocycles. The van der Waals surface area contributed by atoms with Gasteiger partial charge in [-0.1, -0.05) is 6.07 Å². The van der Waals surface area contributed by atoms with E-state index in [9.17, 15) is 30.3 Å². The minimum atomic E-state index is -1.69. The van der Waals surface area contributed by atoms with Crippen molar-refractivity contribution in [3.63, 3.8) is 0 Å². The van der Waals surface area contributed by atoms with Crippen molar-refractivity contribution in [1.29, 1.82) is 0 Å². The van der Waals surface area contributed by atoms with Gasteiger partial charge in [0.05, 0.1) is 41.2 Å². The number of Topliss-reactive ketones (excluding diaryl/α,β-unsaturated/α-hetero) is 1. The lowest BCUT2D eigenvalue weighted by Gasteiger charge is -2.41. The predicted octanol–water partition coefficient (Wildman–Crippen LogP) is 0.603. The molecule has 0 amide bonds. The number of aliphatic hydroxyl groups excluding tert-OH is 5. The normalized spacial score (nSPS) is 24.5. The van der Waals surface area contributed by atoms with Gasteiger partial charge in [-0.2, -0.15) is 0 Å². The van der Waals surface area contributed by atoms with Gasteiger partial charge in [-0.05, 0) is 42.3 Å². The molecule has 0 spiro atoms. The maximum atomic E-state index is 13.1. The van der Waals surface area contributed by atoms with E-state index in [1.165, 1.54) is 28.4 Å². The zero-order chi connectivity index (χ0) is 28.7. The van der Waals surface area contributed by atoms with E-state index >= 15 is 0 Å². The molecule has 0 aromatic heterocycles. The Hall–Kier alpha value is -2.97. The van der Waals surface area contributed by atoms with Crippen LogP contribution in [0.5, 0.6) is 23.0 Å². The zero-order valence-electron chi connectivity index (χ0n) is 22.2. The summed E-state index contributed by atoms with van der Waals surface area (Å²) in [5.41, 5.74) is 0.709. The van der Waals surface area contributed by atoms with Crippen molar-refractivity contribution in [2.75, 3.05) is 35.0 Å². The van der Waals surface area contributed by atoms with Crippen molar-refractivity contribution < 1.29 is 58.7 Å². The van der Waals surface area contributed by atoms with Crippen LogP contribution in [0.15, 0.2) is 36.4 Å². The number of carbonyl (C=O) groups excluding carboxylic acids is 1. The Morgan fingerprint density at radius 3 is 2.03 bits per heavy atom. The molecule has 1 aliphatic rings. The number of aliphatic hydroxyl groups is 5. The Bertz CT molecular complexity index is 1090. The second-order valence-electron chi connectivity index (χ2n) is 8.96. The Balaban J connectivity index is 1.86. The molecule has 0 aliphatic carbocycles. The van der Waals surface area contributed by atoms with Crippen LogP contribution in [-0.2, 0) is 9.47 Å². The summed E-state index contributed by atoms with van der Waals surface area (Å²) in [5.74, 6) is 1.34. The molecule has 39 heavy (non-hydrogen) atoms. The zero-order valence-corrected chi connectivity index (χ0v) is 22.2. The first-order valence-electron chi connectivity index (χ1n) is 12.3. The molecule has 7 atom stereocenters. The van der Waals surface area contributed by atoms with Gasteiger partial charge in [0.2, 0.25) is 0 Å². The summed E-state index contributed by atoms with van der Waals surface area (Å²) in [6.45, 7) is -0.647. The SMILES string of the molecule is COc1ccc(C(=O)CC[C@@H](O[C@@H]2O[C@H](CO)[C@@H](O)[C@H](O)[C@H]2O)[C@@H](O)c2ccc(OC)c(OC)c2)cc1OC. The molecule has 3 rings (SSSR count). The summed E-state index contributed by atoms with van der Waals surface area (Å²) >= 11 is 0. The lowest BCUT2D eigenvalue weighted by molar-refractivity contribution is -0.317. The van der Waals surface area contributed by atoms with Crippen molar-refractivity contribution in [3.8, 4) is 23.0 Å². The van der Waals surface area contributed by atoms with Crippen molar-refractivity contribution in [1.82, 2.24) is 0 Å². The molecule has 2 aromatic rings. The van der Waals surface area contributed by atoms with Crippen molar-refractivity contribution in [2.45, 2.75) is 55.8 Å². The van der Waals surface area contributed by atoms with Gasteiger partial charge in [0.25, 0.3) is 0 Å². The molecule has 1 fully saturated rings. The second kappa shape index (κ2) is 13.9. The number of ether oxygens (including phenoxy) is 6. The quantitative estimate of drug-likeness (QED) is 0.219. The molecule has 12 nitrogen and oxygen atoms in total. The van der Waals surface area contributed by atoms with E-state index in [2.05, 4.69) is 0 Å². The van der Waals surface area contributed by atoms with Crippen LogP contribution in [0, 0.1) is 0 Å². The fourth-order valence-electron chi connectivity index (χ4n) is 4.33. The van der Waals surface area contributed by atoms with Crippen LogP contribution >= 0.6 is 0 Å². The monoisotopic (exact) mass is 552 g/mol. The third-order valence-corrected chi connectivity index (χ3v) is 6.62. The van der Waals surface area contributed by atoms with Crippen LogP contribution in [0.1, 0.15) is 34.9 Å². The number of benzene rings is 2. The lowest BCUT2D eigenvalue weighted by atomic mass is 9.96. The van der Waals surface area contributed by atoms with Gasteiger partial charge in [0.1, 0.15) is 30.5 Å². The lowest BCUT2D eigenvalue weighted by Crippen LogP contribution is -2.59. The molecule has 216 valence electrons. The Labute approximate surface area is 226 Å². The van der Waals surface area contributed by atoms with E-state index in [0.29, 0.717) is 34.1 Å². The molecule has 0 unspecified atom stereocenters. The molecule has 1 aliphatic heterocycles. The van der Waals surface area contributed by atoms with E-state index < -0.39 is 49.5 Å². The first-order chi connectivity index (χ1) is 18.7. The Morgan fingerprint density at radius 2 is 1.44 bits per heavy atom. The summed E-state index contributed by atoms with van der Waals surface area (Å²) in [4.78, 5) is 13.1. The minimum Gasteiger partial charge on any atom is -0.493 e. The molecule has 0 saturated carbocycles. The number of hydrogen-bond acceptors (Lipinski definition) is 12. The van der Waals surface area contributed by atoms with Gasteiger partial charge in [0.15, 0.2) is 35.1 Å². The van der Waals surface area contributed by atoms with Crippen LogP contribution in [0.4, 0.5) is 0 Å². The minimum absolute atomic E-state index is 0.0300. The molecule has 5 N–H and O–H groups in total. The Kier molecular flexibility index (Phi) is 10.9. The third kappa shape index (κ3) is 6.97. The molecule has 1 saturated heterocycles. The molecule has 0 bridgehead atoms. The van der Waals surface area contributed by atoms with Gasteiger partial charge < -0.3 is 54.0 Å². The van der Waals surface area contributed by atoms with E-state index in [-0.39, 0.29) is 18.6 Å². The van der Waals surface area contributed by atoms with Gasteiger partial charge in [-0.3, -0.25) is 4.79 Å². The van der Waals surface area contributed by atoms with Crippen molar-refractivity contribution in [2.24, 2.45) is 0 Å². The summed E-state index contributed by atoms with van der Waals surface area (Å²) < 4.78 is 32.4. The third-order valence-electron chi connectivity index (χ3n) is 6.62. The van der Waals surface area contributed by atoms with Gasteiger partial charge in [-0.25, -0.2) is 0 Å². The molecule has 12 heteroatoms. The van der Waals surface area contributed by atoms with Crippen molar-refractivity contribution in [3.05, 3.63) is 47.5 Å². The molecule has 1 heterocycles. The summed E-state index contributed by atoms with van der Waals surface area (Å²) in [5, 5.41) is 51.6. The van der Waals surface area contributed by atoms with Crippen LogP contribution in [0.3, 0.4) is 0 Å². The summed E-state index contributed by atoms with van der Waals surface area (Å²) in [6.07, 6.45) is -10.2. The van der Waals surface area contributed by atoms with E-state index in [1.807, 2.05) is 0 Å². The summed E-state index contributed by atoms with van der Waals surface area (Å²) in [6, 6.07) is 9.46. The van der Waals surface area contributed by atoms with E-state index in [0.717, 1.165) is 0 Å². The van der Waals surface area contributed by atoms with Crippen LogP contribution < -0.4 is 18.9 Å². The average Bonchev–Trinajstić information content (AvgIpc) is 2.97. The topological polar surface area (TPSA) is 174 Å². The Morgan fingerprint density at radius 1 is 0.846 bits per heavy atom. The standard InChI is InChI=1S/C27H36O12/c1-34-17-8-5-14(11-20(17)36-3)16(29)7-10-19(23(30)15-6-9-18(35-2)21(12-15)37-4)38-27-26(33)25(32)24(31)22(13-28)39-27/h5-6,8-9,11-12,19,22-28,30-33H,7,10,13H2,1-4H3/t19-,22-,23+,24-,25+,26-,27-/m1/s1. The van der Waals surface area contributed by atoms with Crippen LogP contribution in [0.2, 0.25) is 0 Å². The van der Waals surface area contributed by atoms with Gasteiger partial charge in [0, 0.05) is 12.0 Å².